The van der Waals surface area contributed by atoms with Crippen LogP contribution in [0.5, 0.6) is 0 Å². The second-order valence-corrected chi connectivity index (χ2v) is 7.60. The highest BCUT2D eigenvalue weighted by molar-refractivity contribution is 5.92. The average Bonchev–Trinajstić information content (AvgIpc) is 3.03. The van der Waals surface area contributed by atoms with E-state index in [0.29, 0.717) is 18.8 Å². The maximum Gasteiger partial charge on any atom is 0.225 e. The number of allylic oxidation sites excluding steroid dienone is 1. The fraction of sp³-hybridized carbons (Fsp3) is 0.250. The lowest BCUT2D eigenvalue weighted by Crippen LogP contribution is -2.20. The van der Waals surface area contributed by atoms with Crippen LogP contribution in [0.1, 0.15) is 35.8 Å². The van der Waals surface area contributed by atoms with Crippen molar-refractivity contribution >= 4 is 28.8 Å². The van der Waals surface area contributed by atoms with Crippen LogP contribution in [0.2, 0.25) is 0 Å². The largest absolute Gasteiger partial charge is 0.459 e. The summed E-state index contributed by atoms with van der Waals surface area (Å²) in [4.78, 5) is 18.0. The predicted molar refractivity (Wildman–Crippen MR) is 116 cm³/mol. The fourth-order valence-corrected chi connectivity index (χ4v) is 3.67. The summed E-state index contributed by atoms with van der Waals surface area (Å²) in [6, 6.07) is 10.2. The van der Waals surface area contributed by atoms with Crippen molar-refractivity contribution in [2.75, 3.05) is 12.4 Å². The van der Waals surface area contributed by atoms with Crippen LogP contribution in [0, 0.1) is 6.92 Å². The van der Waals surface area contributed by atoms with Crippen molar-refractivity contribution in [3.63, 3.8) is 0 Å². The zero-order chi connectivity index (χ0) is 20.5. The van der Waals surface area contributed by atoms with E-state index in [1.807, 2.05) is 32.2 Å². The Morgan fingerprint density at radius 1 is 1.34 bits per heavy atom. The first-order valence-corrected chi connectivity index (χ1v) is 9.77. The summed E-state index contributed by atoms with van der Waals surface area (Å²) in [6.45, 7) is 9.06. The third-order valence-electron chi connectivity index (χ3n) is 5.49. The zero-order valence-corrected chi connectivity index (χ0v) is 17.1. The number of aromatic nitrogens is 1. The summed E-state index contributed by atoms with van der Waals surface area (Å²) >= 11 is 0. The van der Waals surface area contributed by atoms with Crippen molar-refractivity contribution < 1.29 is 9.21 Å². The van der Waals surface area contributed by atoms with Crippen LogP contribution in [-0.4, -0.2) is 22.8 Å². The highest BCUT2D eigenvalue weighted by Gasteiger charge is 2.16. The van der Waals surface area contributed by atoms with Gasteiger partial charge in [0.25, 0.3) is 0 Å². The molecule has 1 N–H and O–H groups in total. The third kappa shape index (κ3) is 3.81. The molecular formula is C24H25N3O2. The second-order valence-electron chi connectivity index (χ2n) is 7.60. The molecule has 0 fully saturated rings. The first kappa shape index (κ1) is 19.0. The summed E-state index contributed by atoms with van der Waals surface area (Å²) in [5.41, 5.74) is 6.15. The SMILES string of the molecule is C=C(/C(C)=C\c1cnc2c(c1)CCC(=O)N2)N(C)Cc1oc2ccccc2c1C. The molecule has 0 aliphatic carbocycles. The molecule has 1 amide bonds. The maximum absolute atomic E-state index is 11.5. The van der Waals surface area contributed by atoms with Gasteiger partial charge in [-0.05, 0) is 55.2 Å². The van der Waals surface area contributed by atoms with Crippen LogP contribution in [0.4, 0.5) is 5.82 Å². The van der Waals surface area contributed by atoms with Crippen LogP contribution < -0.4 is 5.32 Å². The summed E-state index contributed by atoms with van der Waals surface area (Å²) in [5, 5.41) is 3.97. The molecular weight excluding hydrogens is 362 g/mol. The molecule has 0 bridgehead atoms. The molecule has 3 heterocycles. The first-order chi connectivity index (χ1) is 13.9. The van der Waals surface area contributed by atoms with Gasteiger partial charge in [-0.3, -0.25) is 4.79 Å². The van der Waals surface area contributed by atoms with E-state index in [1.54, 1.807) is 6.20 Å². The third-order valence-corrected chi connectivity index (χ3v) is 5.49. The number of fused-ring (bicyclic) bond motifs is 2. The van der Waals surface area contributed by atoms with Crippen molar-refractivity contribution in [3.05, 3.63) is 76.8 Å². The highest BCUT2D eigenvalue weighted by atomic mass is 16.3. The minimum absolute atomic E-state index is 0.0281. The summed E-state index contributed by atoms with van der Waals surface area (Å²) in [7, 11) is 2.02. The molecule has 148 valence electrons. The molecule has 3 aromatic rings. The topological polar surface area (TPSA) is 58.4 Å². The quantitative estimate of drug-likeness (QED) is 0.621. The molecule has 1 aromatic carbocycles. The molecule has 1 aliphatic heterocycles. The van der Waals surface area contributed by atoms with Crippen molar-refractivity contribution in [3.8, 4) is 0 Å². The van der Waals surface area contributed by atoms with Crippen molar-refractivity contribution in [2.45, 2.75) is 33.2 Å². The number of amides is 1. The number of pyridine rings is 1. The van der Waals surface area contributed by atoms with Gasteiger partial charge in [0.05, 0.1) is 6.54 Å². The fourth-order valence-electron chi connectivity index (χ4n) is 3.67. The van der Waals surface area contributed by atoms with Gasteiger partial charge in [-0.1, -0.05) is 24.8 Å². The lowest BCUT2D eigenvalue weighted by atomic mass is 10.0. The molecule has 0 saturated heterocycles. The molecule has 0 spiro atoms. The molecule has 0 atom stereocenters. The highest BCUT2D eigenvalue weighted by Crippen LogP contribution is 2.28. The average molecular weight is 387 g/mol. The van der Waals surface area contributed by atoms with Crippen molar-refractivity contribution in [1.29, 1.82) is 0 Å². The van der Waals surface area contributed by atoms with E-state index >= 15 is 0 Å². The number of likely N-dealkylation sites (N-methyl/N-ethyl adjacent to an activating group) is 1. The number of hydrogen-bond acceptors (Lipinski definition) is 4. The monoisotopic (exact) mass is 387 g/mol. The maximum atomic E-state index is 11.5. The number of aryl methyl sites for hydroxylation is 2. The summed E-state index contributed by atoms with van der Waals surface area (Å²) in [6.07, 6.45) is 5.09. The van der Waals surface area contributed by atoms with Crippen molar-refractivity contribution in [1.82, 2.24) is 9.88 Å². The van der Waals surface area contributed by atoms with E-state index in [0.717, 1.165) is 45.5 Å². The van der Waals surface area contributed by atoms with Gasteiger partial charge < -0.3 is 14.6 Å². The minimum Gasteiger partial charge on any atom is -0.459 e. The van der Waals surface area contributed by atoms with E-state index in [-0.39, 0.29) is 5.91 Å². The second kappa shape index (κ2) is 7.59. The van der Waals surface area contributed by atoms with Gasteiger partial charge >= 0.3 is 0 Å². The number of carbonyl (C=O) groups is 1. The molecule has 0 radical (unpaired) electrons. The Hall–Kier alpha value is -3.34. The lowest BCUT2D eigenvalue weighted by Gasteiger charge is -2.22. The number of hydrogen-bond donors (Lipinski definition) is 1. The molecule has 29 heavy (non-hydrogen) atoms. The number of anilines is 1. The molecule has 0 saturated carbocycles. The number of para-hydroxylation sites is 1. The van der Waals surface area contributed by atoms with Gasteiger partial charge in [0, 0.05) is 36.3 Å². The van der Waals surface area contributed by atoms with Crippen LogP contribution in [0.3, 0.4) is 0 Å². The standard InChI is InChI=1S/C24H25N3O2/c1-15(11-18-12-19-9-10-23(28)26-24(19)25-13-18)17(3)27(4)14-22-16(2)20-7-5-6-8-21(20)29-22/h5-8,11-13H,3,9-10,14H2,1-2,4H3,(H,25,26,28)/b15-11-. The summed E-state index contributed by atoms with van der Waals surface area (Å²) in [5.74, 6) is 1.65. The number of nitrogens with one attached hydrogen (secondary N) is 1. The Bertz CT molecular complexity index is 1140. The lowest BCUT2D eigenvalue weighted by molar-refractivity contribution is -0.116. The van der Waals surface area contributed by atoms with Crippen molar-refractivity contribution in [2.24, 2.45) is 0 Å². The molecule has 5 heteroatoms. The van der Waals surface area contributed by atoms with E-state index < -0.39 is 0 Å². The van der Waals surface area contributed by atoms with Gasteiger partial charge in [0.15, 0.2) is 0 Å². The number of furan rings is 1. The Morgan fingerprint density at radius 3 is 2.93 bits per heavy atom. The number of nitrogens with zero attached hydrogens (tertiary/aromatic N) is 2. The first-order valence-electron chi connectivity index (χ1n) is 9.77. The van der Waals surface area contributed by atoms with Crippen LogP contribution >= 0.6 is 0 Å². The Morgan fingerprint density at radius 2 is 2.14 bits per heavy atom. The van der Waals surface area contributed by atoms with Crippen LogP contribution in [-0.2, 0) is 17.8 Å². The van der Waals surface area contributed by atoms with Gasteiger partial charge in [-0.2, -0.15) is 0 Å². The van der Waals surface area contributed by atoms with Gasteiger partial charge in [0.2, 0.25) is 5.91 Å². The van der Waals surface area contributed by atoms with Crippen LogP contribution in [0.25, 0.3) is 17.0 Å². The Kier molecular flexibility index (Phi) is 4.97. The molecule has 5 nitrogen and oxygen atoms in total. The smallest absolute Gasteiger partial charge is 0.225 e. The van der Waals surface area contributed by atoms with E-state index in [1.165, 1.54) is 5.56 Å². The molecule has 2 aromatic heterocycles. The normalized spacial score (nSPS) is 13.9. The Balaban J connectivity index is 1.51. The van der Waals surface area contributed by atoms with Gasteiger partial charge in [-0.15, -0.1) is 0 Å². The minimum atomic E-state index is 0.0281. The van der Waals surface area contributed by atoms with Gasteiger partial charge in [-0.25, -0.2) is 4.98 Å². The molecule has 4 rings (SSSR count). The zero-order valence-electron chi connectivity index (χ0n) is 17.1. The van der Waals surface area contributed by atoms with E-state index in [9.17, 15) is 4.79 Å². The number of rotatable bonds is 5. The van der Waals surface area contributed by atoms with Gasteiger partial charge in [0.1, 0.15) is 17.2 Å². The number of benzene rings is 1. The van der Waals surface area contributed by atoms with E-state index in [4.69, 9.17) is 4.42 Å². The Labute approximate surface area is 170 Å². The van der Waals surface area contributed by atoms with Crippen LogP contribution in [0.15, 0.2) is 58.8 Å². The molecule has 1 aliphatic rings. The summed E-state index contributed by atoms with van der Waals surface area (Å²) < 4.78 is 6.04. The number of carbonyl (C=O) groups excluding carboxylic acids is 1. The molecule has 0 unspecified atom stereocenters. The predicted octanol–water partition coefficient (Wildman–Crippen LogP) is 5.07. The van der Waals surface area contributed by atoms with E-state index in [2.05, 4.69) is 46.9 Å².